The normalized spacial score (nSPS) is 14.9. The molecule has 0 unspecified atom stereocenters. The molecule has 4 rings (SSSR count). The van der Waals surface area contributed by atoms with E-state index >= 15 is 0 Å². The van der Waals surface area contributed by atoms with Crippen LogP contribution >= 0.6 is 0 Å². The number of nitrogens with zero attached hydrogens (tertiary/aromatic N) is 6. The van der Waals surface area contributed by atoms with Crippen molar-refractivity contribution in [2.75, 3.05) is 36.0 Å². The maximum atomic E-state index is 14.1. The van der Waals surface area contributed by atoms with E-state index in [1.807, 2.05) is 7.05 Å². The van der Waals surface area contributed by atoms with Crippen molar-refractivity contribution in [1.29, 1.82) is 0 Å². The Labute approximate surface area is 150 Å². The Hall–Kier alpha value is -3.03. The topological polar surface area (TPSA) is 67.2 Å². The Kier molecular flexibility index (Phi) is 4.02. The maximum Gasteiger partial charge on any atom is 0.164 e. The summed E-state index contributed by atoms with van der Waals surface area (Å²) < 4.78 is 15.8. The molecule has 1 saturated heterocycles. The molecule has 0 radical (unpaired) electrons. The summed E-state index contributed by atoms with van der Waals surface area (Å²) in [5.41, 5.74) is 1.62. The van der Waals surface area contributed by atoms with Crippen LogP contribution in [0.15, 0.2) is 30.7 Å². The van der Waals surface area contributed by atoms with E-state index in [1.54, 1.807) is 29.3 Å². The van der Waals surface area contributed by atoms with Gasteiger partial charge in [0, 0.05) is 33.2 Å². The summed E-state index contributed by atoms with van der Waals surface area (Å²) in [6.07, 6.45) is 3.32. The molecule has 1 aliphatic heterocycles. The second-order valence-corrected chi connectivity index (χ2v) is 6.37. The SMILES string of the molecule is CC(=O)c1c(F)cccc1N1CCN(c2ncnc3c2cnn3C)CC1. The second-order valence-electron chi connectivity index (χ2n) is 6.37. The lowest BCUT2D eigenvalue weighted by Crippen LogP contribution is -2.47. The first-order chi connectivity index (χ1) is 12.6. The first kappa shape index (κ1) is 16.4. The highest BCUT2D eigenvalue weighted by Crippen LogP contribution is 2.27. The number of hydrogen-bond donors (Lipinski definition) is 0. The molecule has 0 amide bonds. The van der Waals surface area contributed by atoms with Gasteiger partial charge in [0.2, 0.25) is 0 Å². The Morgan fingerprint density at radius 2 is 1.85 bits per heavy atom. The van der Waals surface area contributed by atoms with Crippen LogP contribution in [0.4, 0.5) is 15.9 Å². The number of benzene rings is 1. The molecule has 0 spiro atoms. The van der Waals surface area contributed by atoms with Gasteiger partial charge in [0.1, 0.15) is 18.0 Å². The van der Waals surface area contributed by atoms with E-state index in [4.69, 9.17) is 0 Å². The largest absolute Gasteiger partial charge is 0.367 e. The Morgan fingerprint density at radius 3 is 2.58 bits per heavy atom. The van der Waals surface area contributed by atoms with Crippen LogP contribution < -0.4 is 9.80 Å². The summed E-state index contributed by atoms with van der Waals surface area (Å²) in [5.74, 6) is 0.132. The van der Waals surface area contributed by atoms with Crippen molar-refractivity contribution in [3.05, 3.63) is 42.1 Å². The first-order valence-corrected chi connectivity index (χ1v) is 8.48. The van der Waals surface area contributed by atoms with Crippen LogP contribution in [0.5, 0.6) is 0 Å². The molecule has 26 heavy (non-hydrogen) atoms. The molecular formula is C18H19FN6O. The number of aromatic nitrogens is 4. The minimum Gasteiger partial charge on any atom is -0.367 e. The van der Waals surface area contributed by atoms with Gasteiger partial charge in [0.15, 0.2) is 11.4 Å². The predicted molar refractivity (Wildman–Crippen MR) is 97.1 cm³/mol. The fourth-order valence-electron chi connectivity index (χ4n) is 3.49. The molecule has 0 N–H and O–H groups in total. The van der Waals surface area contributed by atoms with Crippen LogP contribution in [0.1, 0.15) is 17.3 Å². The van der Waals surface area contributed by atoms with Crippen molar-refractivity contribution in [2.45, 2.75) is 6.92 Å². The van der Waals surface area contributed by atoms with Gasteiger partial charge in [-0.15, -0.1) is 0 Å². The number of rotatable bonds is 3. The van der Waals surface area contributed by atoms with E-state index in [-0.39, 0.29) is 11.3 Å². The first-order valence-electron chi connectivity index (χ1n) is 8.48. The van der Waals surface area contributed by atoms with Gasteiger partial charge >= 0.3 is 0 Å². The summed E-state index contributed by atoms with van der Waals surface area (Å²) in [5, 5.41) is 5.17. The van der Waals surface area contributed by atoms with E-state index in [1.165, 1.54) is 13.0 Å². The average Bonchev–Trinajstić information content (AvgIpc) is 3.03. The van der Waals surface area contributed by atoms with Crippen LogP contribution in [0.3, 0.4) is 0 Å². The minimum absolute atomic E-state index is 0.164. The molecule has 3 aromatic rings. The summed E-state index contributed by atoms with van der Waals surface area (Å²) in [6.45, 7) is 4.19. The number of fused-ring (bicyclic) bond motifs is 1. The van der Waals surface area contributed by atoms with Crippen molar-refractivity contribution in [2.24, 2.45) is 7.05 Å². The van der Waals surface area contributed by atoms with Crippen LogP contribution in [-0.4, -0.2) is 51.7 Å². The zero-order chi connectivity index (χ0) is 18.3. The zero-order valence-electron chi connectivity index (χ0n) is 14.7. The third-order valence-electron chi connectivity index (χ3n) is 4.77. The van der Waals surface area contributed by atoms with Gasteiger partial charge in [-0.3, -0.25) is 9.48 Å². The number of halogens is 1. The van der Waals surface area contributed by atoms with Gasteiger partial charge in [-0.25, -0.2) is 14.4 Å². The van der Waals surface area contributed by atoms with Crippen LogP contribution in [0.2, 0.25) is 0 Å². The predicted octanol–water partition coefficient (Wildman–Crippen LogP) is 2.03. The van der Waals surface area contributed by atoms with E-state index in [0.29, 0.717) is 18.8 Å². The van der Waals surface area contributed by atoms with Gasteiger partial charge < -0.3 is 9.80 Å². The molecule has 2 aromatic heterocycles. The molecule has 0 atom stereocenters. The lowest BCUT2D eigenvalue weighted by atomic mass is 10.1. The molecule has 3 heterocycles. The van der Waals surface area contributed by atoms with Gasteiger partial charge in [0.05, 0.1) is 22.8 Å². The average molecular weight is 354 g/mol. The van der Waals surface area contributed by atoms with Crippen molar-refractivity contribution < 1.29 is 9.18 Å². The van der Waals surface area contributed by atoms with E-state index in [9.17, 15) is 9.18 Å². The van der Waals surface area contributed by atoms with E-state index in [0.717, 1.165) is 29.9 Å². The Balaban J connectivity index is 1.58. The lowest BCUT2D eigenvalue weighted by molar-refractivity contribution is 0.101. The molecule has 0 aliphatic carbocycles. The number of piperazine rings is 1. The van der Waals surface area contributed by atoms with Crippen LogP contribution in [0.25, 0.3) is 11.0 Å². The quantitative estimate of drug-likeness (QED) is 0.671. The number of carbonyl (C=O) groups excluding carboxylic acids is 1. The van der Waals surface area contributed by atoms with Gasteiger partial charge in [-0.2, -0.15) is 5.10 Å². The number of Topliss-reactive ketones (excluding diaryl/α,β-unsaturated/α-hetero) is 1. The van der Waals surface area contributed by atoms with Gasteiger partial charge in [-0.1, -0.05) is 6.07 Å². The molecule has 0 bridgehead atoms. The second kappa shape index (κ2) is 6.36. The van der Waals surface area contributed by atoms with Gasteiger partial charge in [0.25, 0.3) is 0 Å². The lowest BCUT2D eigenvalue weighted by Gasteiger charge is -2.37. The zero-order valence-corrected chi connectivity index (χ0v) is 14.7. The summed E-state index contributed by atoms with van der Waals surface area (Å²) in [4.78, 5) is 24.8. The summed E-state index contributed by atoms with van der Waals surface area (Å²) in [6, 6.07) is 4.78. The Morgan fingerprint density at radius 1 is 1.12 bits per heavy atom. The van der Waals surface area contributed by atoms with Crippen molar-refractivity contribution in [3.63, 3.8) is 0 Å². The third kappa shape index (κ3) is 2.67. The monoisotopic (exact) mass is 354 g/mol. The highest BCUT2D eigenvalue weighted by atomic mass is 19.1. The highest BCUT2D eigenvalue weighted by molar-refractivity contribution is 6.00. The Bertz CT molecular complexity index is 977. The van der Waals surface area contributed by atoms with E-state index < -0.39 is 5.82 Å². The molecular weight excluding hydrogens is 335 g/mol. The number of carbonyl (C=O) groups is 1. The number of aryl methyl sites for hydroxylation is 1. The fourth-order valence-corrected chi connectivity index (χ4v) is 3.49. The van der Waals surface area contributed by atoms with Crippen molar-refractivity contribution in [3.8, 4) is 0 Å². The third-order valence-corrected chi connectivity index (χ3v) is 4.77. The molecule has 8 heteroatoms. The molecule has 134 valence electrons. The van der Waals surface area contributed by atoms with Crippen LogP contribution in [-0.2, 0) is 7.05 Å². The number of hydrogen-bond acceptors (Lipinski definition) is 6. The minimum atomic E-state index is -0.467. The smallest absolute Gasteiger partial charge is 0.164 e. The van der Waals surface area contributed by atoms with Crippen LogP contribution in [0, 0.1) is 5.82 Å². The van der Waals surface area contributed by atoms with Crippen molar-refractivity contribution >= 4 is 28.3 Å². The van der Waals surface area contributed by atoms with Gasteiger partial charge in [-0.05, 0) is 19.1 Å². The highest BCUT2D eigenvalue weighted by Gasteiger charge is 2.24. The number of ketones is 1. The molecule has 1 aliphatic rings. The maximum absolute atomic E-state index is 14.1. The summed E-state index contributed by atoms with van der Waals surface area (Å²) in [7, 11) is 1.85. The number of anilines is 2. The van der Waals surface area contributed by atoms with E-state index in [2.05, 4.69) is 24.9 Å². The molecule has 0 saturated carbocycles. The summed E-state index contributed by atoms with van der Waals surface area (Å²) >= 11 is 0. The molecule has 1 fully saturated rings. The van der Waals surface area contributed by atoms with Crippen molar-refractivity contribution in [1.82, 2.24) is 19.7 Å². The fraction of sp³-hybridized carbons (Fsp3) is 0.333. The molecule has 1 aromatic carbocycles. The molecule has 7 nitrogen and oxygen atoms in total. The standard InChI is InChI=1S/C18H19FN6O/c1-12(26)16-14(19)4-3-5-15(16)24-6-8-25(9-7-24)18-13-10-22-23(2)17(13)20-11-21-18/h3-5,10-11H,6-9H2,1-2H3.